The molecule has 0 unspecified atom stereocenters. The first-order chi connectivity index (χ1) is 7.29. The van der Waals surface area contributed by atoms with Crippen molar-refractivity contribution in [1.82, 2.24) is 9.97 Å². The Hall–Kier alpha value is -1.90. The molecule has 2 rings (SSSR count). The van der Waals surface area contributed by atoms with Gasteiger partial charge in [0.15, 0.2) is 0 Å². The minimum absolute atomic E-state index is 0.309. The molecular formula is C12H13N3. The number of anilines is 1. The summed E-state index contributed by atoms with van der Waals surface area (Å²) < 4.78 is 0. The summed E-state index contributed by atoms with van der Waals surface area (Å²) in [6, 6.07) is 8.39. The highest BCUT2D eigenvalue weighted by Gasteiger charge is 1.98. The second-order valence-electron chi connectivity index (χ2n) is 3.38. The Morgan fingerprint density at radius 2 is 1.60 bits per heavy atom. The predicted octanol–water partition coefficient (Wildman–Crippen LogP) is 2.29. The number of aryl methyl sites for hydroxylation is 1. The topological polar surface area (TPSA) is 51.8 Å². The molecular weight excluding hydrogens is 186 g/mol. The van der Waals surface area contributed by atoms with Gasteiger partial charge in [-0.2, -0.15) is 0 Å². The molecule has 1 aromatic heterocycles. The lowest BCUT2D eigenvalue weighted by Gasteiger charge is -2.02. The van der Waals surface area contributed by atoms with E-state index in [4.69, 9.17) is 5.73 Å². The normalized spacial score (nSPS) is 10.2. The van der Waals surface area contributed by atoms with E-state index in [1.165, 1.54) is 5.56 Å². The average Bonchev–Trinajstić information content (AvgIpc) is 2.30. The van der Waals surface area contributed by atoms with E-state index in [0.717, 1.165) is 17.5 Å². The third-order valence-corrected chi connectivity index (χ3v) is 2.37. The maximum absolute atomic E-state index is 5.43. The van der Waals surface area contributed by atoms with E-state index in [1.807, 2.05) is 0 Å². The van der Waals surface area contributed by atoms with E-state index < -0.39 is 0 Å². The van der Waals surface area contributed by atoms with Gasteiger partial charge in [0.25, 0.3) is 0 Å². The molecule has 2 N–H and O–H groups in total. The van der Waals surface area contributed by atoms with Crippen molar-refractivity contribution in [3.8, 4) is 11.1 Å². The standard InChI is InChI=1S/C12H13N3/c1-2-9-3-5-10(6-4-9)11-7-14-12(13)15-8-11/h3-8H,2H2,1H3,(H2,13,14,15). The number of hydrogen-bond donors (Lipinski definition) is 1. The number of nitrogen functional groups attached to an aromatic ring is 1. The van der Waals surface area contributed by atoms with Crippen LogP contribution < -0.4 is 5.73 Å². The van der Waals surface area contributed by atoms with E-state index in [9.17, 15) is 0 Å². The van der Waals surface area contributed by atoms with Crippen molar-refractivity contribution < 1.29 is 0 Å². The van der Waals surface area contributed by atoms with Gasteiger partial charge < -0.3 is 5.73 Å². The summed E-state index contributed by atoms with van der Waals surface area (Å²) in [6.07, 6.45) is 4.53. The number of benzene rings is 1. The molecule has 0 spiro atoms. The molecule has 0 bridgehead atoms. The van der Waals surface area contributed by atoms with E-state index in [0.29, 0.717) is 5.95 Å². The highest BCUT2D eigenvalue weighted by Crippen LogP contribution is 2.18. The van der Waals surface area contributed by atoms with Gasteiger partial charge in [-0.05, 0) is 17.5 Å². The third-order valence-electron chi connectivity index (χ3n) is 2.37. The molecule has 0 aliphatic rings. The first-order valence-electron chi connectivity index (χ1n) is 4.96. The number of rotatable bonds is 2. The lowest BCUT2D eigenvalue weighted by molar-refractivity contribution is 1.14. The van der Waals surface area contributed by atoms with Crippen LogP contribution in [0.5, 0.6) is 0 Å². The molecule has 0 amide bonds. The molecule has 15 heavy (non-hydrogen) atoms. The van der Waals surface area contributed by atoms with E-state index in [2.05, 4.69) is 41.2 Å². The van der Waals surface area contributed by atoms with Crippen LogP contribution in [0.25, 0.3) is 11.1 Å². The van der Waals surface area contributed by atoms with Gasteiger partial charge in [-0.3, -0.25) is 0 Å². The van der Waals surface area contributed by atoms with E-state index in [-0.39, 0.29) is 0 Å². The average molecular weight is 199 g/mol. The molecule has 3 heteroatoms. The van der Waals surface area contributed by atoms with Crippen LogP contribution in [0.1, 0.15) is 12.5 Å². The van der Waals surface area contributed by atoms with Gasteiger partial charge in [0.05, 0.1) is 0 Å². The molecule has 1 heterocycles. The molecule has 76 valence electrons. The summed E-state index contributed by atoms with van der Waals surface area (Å²) >= 11 is 0. The van der Waals surface area contributed by atoms with Crippen LogP contribution in [0, 0.1) is 0 Å². The number of nitrogens with two attached hydrogens (primary N) is 1. The summed E-state index contributed by atoms with van der Waals surface area (Å²) in [5, 5.41) is 0. The molecule has 0 saturated carbocycles. The molecule has 0 radical (unpaired) electrons. The fourth-order valence-corrected chi connectivity index (χ4v) is 1.42. The Morgan fingerprint density at radius 3 is 2.13 bits per heavy atom. The fraction of sp³-hybridized carbons (Fsp3) is 0.167. The summed E-state index contributed by atoms with van der Waals surface area (Å²) in [4.78, 5) is 7.93. The monoisotopic (exact) mass is 199 g/mol. The van der Waals surface area contributed by atoms with Crippen LogP contribution >= 0.6 is 0 Å². The van der Waals surface area contributed by atoms with Crippen LogP contribution in [0.3, 0.4) is 0 Å². The van der Waals surface area contributed by atoms with Gasteiger partial charge in [-0.25, -0.2) is 9.97 Å². The van der Waals surface area contributed by atoms with Crippen molar-refractivity contribution in [2.75, 3.05) is 5.73 Å². The molecule has 0 atom stereocenters. The highest BCUT2D eigenvalue weighted by molar-refractivity contribution is 5.62. The van der Waals surface area contributed by atoms with Gasteiger partial charge in [-0.15, -0.1) is 0 Å². The van der Waals surface area contributed by atoms with Crippen molar-refractivity contribution in [1.29, 1.82) is 0 Å². The van der Waals surface area contributed by atoms with Gasteiger partial charge in [-0.1, -0.05) is 31.2 Å². The van der Waals surface area contributed by atoms with Crippen molar-refractivity contribution in [3.63, 3.8) is 0 Å². The van der Waals surface area contributed by atoms with Gasteiger partial charge >= 0.3 is 0 Å². The minimum atomic E-state index is 0.309. The predicted molar refractivity (Wildman–Crippen MR) is 61.3 cm³/mol. The highest BCUT2D eigenvalue weighted by atomic mass is 15.0. The zero-order chi connectivity index (χ0) is 10.7. The smallest absolute Gasteiger partial charge is 0.219 e. The molecule has 0 fully saturated rings. The summed E-state index contributed by atoms with van der Waals surface area (Å²) in [6.45, 7) is 2.14. The first-order valence-corrected chi connectivity index (χ1v) is 4.96. The van der Waals surface area contributed by atoms with Crippen molar-refractivity contribution in [2.24, 2.45) is 0 Å². The van der Waals surface area contributed by atoms with Gasteiger partial charge in [0, 0.05) is 18.0 Å². The van der Waals surface area contributed by atoms with E-state index >= 15 is 0 Å². The summed E-state index contributed by atoms with van der Waals surface area (Å²) in [7, 11) is 0. The Balaban J connectivity index is 2.33. The SMILES string of the molecule is CCc1ccc(-c2cnc(N)nc2)cc1. The van der Waals surface area contributed by atoms with Gasteiger partial charge in [0.2, 0.25) is 5.95 Å². The number of hydrogen-bond acceptors (Lipinski definition) is 3. The zero-order valence-corrected chi connectivity index (χ0v) is 8.64. The number of aromatic nitrogens is 2. The Morgan fingerprint density at radius 1 is 1.00 bits per heavy atom. The second-order valence-corrected chi connectivity index (χ2v) is 3.38. The van der Waals surface area contributed by atoms with Crippen LogP contribution in [0.4, 0.5) is 5.95 Å². The Kier molecular flexibility index (Phi) is 2.63. The quantitative estimate of drug-likeness (QED) is 0.807. The number of nitrogens with zero attached hydrogens (tertiary/aromatic N) is 2. The van der Waals surface area contributed by atoms with Gasteiger partial charge in [0.1, 0.15) is 0 Å². The van der Waals surface area contributed by atoms with Crippen LogP contribution in [-0.2, 0) is 6.42 Å². The van der Waals surface area contributed by atoms with Crippen molar-refractivity contribution >= 4 is 5.95 Å². The Bertz CT molecular complexity index is 431. The van der Waals surface area contributed by atoms with E-state index in [1.54, 1.807) is 12.4 Å². The maximum atomic E-state index is 5.43. The molecule has 0 saturated heterocycles. The molecule has 3 nitrogen and oxygen atoms in total. The third kappa shape index (κ3) is 2.13. The summed E-state index contributed by atoms with van der Waals surface area (Å²) in [5.41, 5.74) is 8.87. The first kappa shape index (κ1) is 9.65. The lowest BCUT2D eigenvalue weighted by atomic mass is 10.1. The molecule has 2 aromatic rings. The van der Waals surface area contributed by atoms with Crippen LogP contribution in [0.2, 0.25) is 0 Å². The molecule has 0 aliphatic heterocycles. The van der Waals surface area contributed by atoms with Crippen molar-refractivity contribution in [3.05, 3.63) is 42.2 Å². The molecule has 1 aromatic carbocycles. The Labute approximate surface area is 89.0 Å². The fourth-order valence-electron chi connectivity index (χ4n) is 1.42. The van der Waals surface area contributed by atoms with Crippen LogP contribution in [0.15, 0.2) is 36.7 Å². The van der Waals surface area contributed by atoms with Crippen molar-refractivity contribution in [2.45, 2.75) is 13.3 Å². The van der Waals surface area contributed by atoms with Crippen LogP contribution in [-0.4, -0.2) is 9.97 Å². The minimum Gasteiger partial charge on any atom is -0.368 e. The second kappa shape index (κ2) is 4.09. The lowest BCUT2D eigenvalue weighted by Crippen LogP contribution is -1.93. The zero-order valence-electron chi connectivity index (χ0n) is 8.64. The molecule has 0 aliphatic carbocycles. The summed E-state index contributed by atoms with van der Waals surface area (Å²) in [5.74, 6) is 0.309. The largest absolute Gasteiger partial charge is 0.368 e. The maximum Gasteiger partial charge on any atom is 0.219 e.